The van der Waals surface area contributed by atoms with Gasteiger partial charge in [0.15, 0.2) is 0 Å². The molecule has 1 unspecified atom stereocenters. The summed E-state index contributed by atoms with van der Waals surface area (Å²) in [7, 11) is 0. The van der Waals surface area contributed by atoms with Crippen LogP contribution in [0.5, 0.6) is 0 Å². The minimum atomic E-state index is -0.148. The van der Waals surface area contributed by atoms with Crippen LogP contribution in [0, 0.1) is 12.8 Å². The second kappa shape index (κ2) is 4.47. The van der Waals surface area contributed by atoms with E-state index in [4.69, 9.17) is 0 Å². The van der Waals surface area contributed by atoms with Crippen LogP contribution in [-0.2, 0) is 16.0 Å². The van der Waals surface area contributed by atoms with E-state index in [2.05, 4.69) is 5.32 Å². The molecule has 1 aliphatic rings. The van der Waals surface area contributed by atoms with E-state index >= 15 is 0 Å². The van der Waals surface area contributed by atoms with Crippen molar-refractivity contribution in [3.8, 4) is 0 Å². The first kappa shape index (κ1) is 10.9. The van der Waals surface area contributed by atoms with Gasteiger partial charge in [-0.15, -0.1) is 0 Å². The van der Waals surface area contributed by atoms with Crippen molar-refractivity contribution in [3.05, 3.63) is 35.4 Å². The Balaban J connectivity index is 2.02. The van der Waals surface area contributed by atoms with Crippen molar-refractivity contribution in [2.75, 3.05) is 0 Å². The average molecular weight is 217 g/mol. The van der Waals surface area contributed by atoms with Gasteiger partial charge in [-0.3, -0.25) is 14.9 Å². The van der Waals surface area contributed by atoms with Gasteiger partial charge in [-0.25, -0.2) is 0 Å². The Morgan fingerprint density at radius 3 is 2.56 bits per heavy atom. The standard InChI is InChI=1S/C13H15NO2/c1-9-2-4-10(5-3-9)8-11-6-7-12(15)14-13(11)16/h2-5,11H,6-8H2,1H3,(H,14,15,16). The number of amides is 2. The molecule has 0 aliphatic carbocycles. The third kappa shape index (κ3) is 2.48. The highest BCUT2D eigenvalue weighted by Crippen LogP contribution is 2.18. The maximum Gasteiger partial charge on any atom is 0.230 e. The molecule has 0 aromatic heterocycles. The minimum Gasteiger partial charge on any atom is -0.296 e. The van der Waals surface area contributed by atoms with Crippen LogP contribution in [0.15, 0.2) is 24.3 Å². The second-order valence-electron chi connectivity index (χ2n) is 4.34. The van der Waals surface area contributed by atoms with E-state index in [0.29, 0.717) is 12.8 Å². The Bertz CT molecular complexity index is 408. The number of piperidine rings is 1. The van der Waals surface area contributed by atoms with Crippen LogP contribution >= 0.6 is 0 Å². The molecule has 1 saturated heterocycles. The topological polar surface area (TPSA) is 46.2 Å². The molecule has 3 nitrogen and oxygen atoms in total. The van der Waals surface area contributed by atoms with Gasteiger partial charge in [0.25, 0.3) is 0 Å². The Kier molecular flexibility index (Phi) is 3.04. The first-order chi connectivity index (χ1) is 7.65. The summed E-state index contributed by atoms with van der Waals surface area (Å²) in [5.74, 6) is -0.331. The van der Waals surface area contributed by atoms with Gasteiger partial charge < -0.3 is 0 Å². The third-order valence-corrected chi connectivity index (χ3v) is 2.96. The molecule has 1 heterocycles. The van der Waals surface area contributed by atoms with Gasteiger partial charge >= 0.3 is 0 Å². The number of carbonyl (C=O) groups is 2. The van der Waals surface area contributed by atoms with Crippen molar-refractivity contribution in [2.24, 2.45) is 5.92 Å². The molecule has 1 aromatic carbocycles. The van der Waals surface area contributed by atoms with Crippen LogP contribution in [-0.4, -0.2) is 11.8 Å². The molecule has 1 atom stereocenters. The normalized spacial score (nSPS) is 20.7. The van der Waals surface area contributed by atoms with Crippen LogP contribution in [0.1, 0.15) is 24.0 Å². The second-order valence-corrected chi connectivity index (χ2v) is 4.34. The Morgan fingerprint density at radius 2 is 1.94 bits per heavy atom. The molecule has 1 fully saturated rings. The molecular formula is C13H15NO2. The van der Waals surface area contributed by atoms with Gasteiger partial charge in [0.05, 0.1) is 0 Å². The van der Waals surface area contributed by atoms with E-state index in [1.54, 1.807) is 0 Å². The van der Waals surface area contributed by atoms with Gasteiger partial charge in [-0.1, -0.05) is 29.8 Å². The number of carbonyl (C=O) groups excluding carboxylic acids is 2. The summed E-state index contributed by atoms with van der Waals surface area (Å²) >= 11 is 0. The minimum absolute atomic E-state index is 0.0552. The number of nitrogens with one attached hydrogen (secondary N) is 1. The summed E-state index contributed by atoms with van der Waals surface area (Å²) in [6, 6.07) is 8.17. The molecule has 2 amide bonds. The highest BCUT2D eigenvalue weighted by molar-refractivity contribution is 5.98. The molecule has 3 heteroatoms. The zero-order valence-electron chi connectivity index (χ0n) is 9.32. The van der Waals surface area contributed by atoms with E-state index in [0.717, 1.165) is 12.0 Å². The van der Waals surface area contributed by atoms with Crippen LogP contribution in [0.2, 0.25) is 0 Å². The summed E-state index contributed by atoms with van der Waals surface area (Å²) < 4.78 is 0. The molecule has 0 radical (unpaired) electrons. The number of aryl methyl sites for hydroxylation is 1. The molecule has 84 valence electrons. The third-order valence-electron chi connectivity index (χ3n) is 2.96. The van der Waals surface area contributed by atoms with Gasteiger partial charge in [-0.2, -0.15) is 0 Å². The fourth-order valence-corrected chi connectivity index (χ4v) is 1.94. The quantitative estimate of drug-likeness (QED) is 0.765. The van der Waals surface area contributed by atoms with E-state index in [-0.39, 0.29) is 17.7 Å². The van der Waals surface area contributed by atoms with Crippen molar-refractivity contribution in [2.45, 2.75) is 26.2 Å². The molecule has 1 aromatic rings. The number of hydrogen-bond acceptors (Lipinski definition) is 2. The first-order valence-electron chi connectivity index (χ1n) is 5.54. The Labute approximate surface area is 94.9 Å². The molecule has 16 heavy (non-hydrogen) atoms. The zero-order chi connectivity index (χ0) is 11.5. The lowest BCUT2D eigenvalue weighted by Crippen LogP contribution is -2.41. The first-order valence-corrected chi connectivity index (χ1v) is 5.54. The maximum atomic E-state index is 11.5. The van der Waals surface area contributed by atoms with E-state index in [1.807, 2.05) is 31.2 Å². The highest BCUT2D eigenvalue weighted by Gasteiger charge is 2.26. The molecule has 1 aliphatic heterocycles. The predicted octanol–water partition coefficient (Wildman–Crippen LogP) is 1.59. The van der Waals surface area contributed by atoms with Crippen molar-refractivity contribution in [3.63, 3.8) is 0 Å². The van der Waals surface area contributed by atoms with Gasteiger partial charge in [0.1, 0.15) is 0 Å². The summed E-state index contributed by atoms with van der Waals surface area (Å²) in [4.78, 5) is 22.5. The number of imide groups is 1. The van der Waals surface area contributed by atoms with Crippen LogP contribution in [0.4, 0.5) is 0 Å². The van der Waals surface area contributed by atoms with Gasteiger partial charge in [0.2, 0.25) is 11.8 Å². The fourth-order valence-electron chi connectivity index (χ4n) is 1.94. The van der Waals surface area contributed by atoms with Crippen molar-refractivity contribution in [1.82, 2.24) is 5.32 Å². The lowest BCUT2D eigenvalue weighted by atomic mass is 9.91. The highest BCUT2D eigenvalue weighted by atomic mass is 16.2. The van der Waals surface area contributed by atoms with Crippen molar-refractivity contribution >= 4 is 11.8 Å². The fraction of sp³-hybridized carbons (Fsp3) is 0.385. The SMILES string of the molecule is Cc1ccc(CC2CCC(=O)NC2=O)cc1. The molecule has 1 N–H and O–H groups in total. The van der Waals surface area contributed by atoms with Crippen molar-refractivity contribution < 1.29 is 9.59 Å². The molecule has 0 bridgehead atoms. The van der Waals surface area contributed by atoms with E-state index < -0.39 is 0 Å². The predicted molar refractivity (Wildman–Crippen MR) is 60.8 cm³/mol. The number of hydrogen-bond donors (Lipinski definition) is 1. The Hall–Kier alpha value is -1.64. The smallest absolute Gasteiger partial charge is 0.230 e. The lowest BCUT2D eigenvalue weighted by Gasteiger charge is -2.20. The van der Waals surface area contributed by atoms with Gasteiger partial charge in [0, 0.05) is 12.3 Å². The summed E-state index contributed by atoms with van der Waals surface area (Å²) in [6.07, 6.45) is 1.85. The van der Waals surface area contributed by atoms with Crippen LogP contribution in [0.3, 0.4) is 0 Å². The maximum absolute atomic E-state index is 11.5. The van der Waals surface area contributed by atoms with E-state index in [1.165, 1.54) is 5.56 Å². The number of rotatable bonds is 2. The molecular weight excluding hydrogens is 202 g/mol. The van der Waals surface area contributed by atoms with Crippen LogP contribution < -0.4 is 5.32 Å². The molecule has 2 rings (SSSR count). The van der Waals surface area contributed by atoms with Crippen molar-refractivity contribution in [1.29, 1.82) is 0 Å². The summed E-state index contributed by atoms with van der Waals surface area (Å²) in [6.45, 7) is 2.04. The monoisotopic (exact) mass is 217 g/mol. The largest absolute Gasteiger partial charge is 0.296 e. The molecule has 0 saturated carbocycles. The summed E-state index contributed by atoms with van der Waals surface area (Å²) in [5.41, 5.74) is 2.37. The van der Waals surface area contributed by atoms with Crippen LogP contribution in [0.25, 0.3) is 0 Å². The lowest BCUT2D eigenvalue weighted by molar-refractivity contribution is -0.136. The molecule has 0 spiro atoms. The summed E-state index contributed by atoms with van der Waals surface area (Å²) in [5, 5.41) is 2.38. The average Bonchev–Trinajstić information content (AvgIpc) is 2.25. The van der Waals surface area contributed by atoms with E-state index in [9.17, 15) is 9.59 Å². The van der Waals surface area contributed by atoms with Gasteiger partial charge in [-0.05, 0) is 25.3 Å². The number of benzene rings is 1. The Morgan fingerprint density at radius 1 is 1.25 bits per heavy atom. The zero-order valence-corrected chi connectivity index (χ0v) is 9.32.